The highest BCUT2D eigenvalue weighted by Gasteiger charge is 2.63. The molecule has 0 unspecified atom stereocenters. The van der Waals surface area contributed by atoms with Crippen molar-refractivity contribution in [2.75, 3.05) is 0 Å². The summed E-state index contributed by atoms with van der Waals surface area (Å²) >= 11 is 0. The highest BCUT2D eigenvalue weighted by molar-refractivity contribution is 5.83. The summed E-state index contributed by atoms with van der Waals surface area (Å²) in [5.41, 5.74) is 0.00873. The summed E-state index contributed by atoms with van der Waals surface area (Å²) in [7, 11) is 0. The van der Waals surface area contributed by atoms with Crippen LogP contribution in [0.5, 0.6) is 0 Å². The second-order valence-corrected chi connectivity index (χ2v) is 13.3. The lowest BCUT2D eigenvalue weighted by molar-refractivity contribution is -0.174. The smallest absolute Gasteiger partial charge is 0.136 e. The fourth-order valence-corrected chi connectivity index (χ4v) is 9.11. The summed E-state index contributed by atoms with van der Waals surface area (Å²) in [5, 5.41) is 31.9. The van der Waals surface area contributed by atoms with E-state index in [1.165, 1.54) is 6.42 Å². The second-order valence-electron chi connectivity index (χ2n) is 13.3. The van der Waals surface area contributed by atoms with E-state index in [0.717, 1.165) is 25.7 Å². The van der Waals surface area contributed by atoms with Crippen LogP contribution >= 0.6 is 0 Å². The maximum atomic E-state index is 13.3. The van der Waals surface area contributed by atoms with Gasteiger partial charge in [-0.05, 0) is 97.2 Å². The average Bonchev–Trinajstić information content (AvgIpc) is 3.06. The van der Waals surface area contributed by atoms with Crippen LogP contribution in [0, 0.1) is 58.2 Å². The van der Waals surface area contributed by atoms with Crippen molar-refractivity contribution >= 4 is 5.78 Å². The third kappa shape index (κ3) is 3.81. The van der Waals surface area contributed by atoms with Crippen LogP contribution in [-0.4, -0.2) is 39.4 Å². The minimum Gasteiger partial charge on any atom is -0.393 e. The number of carbonyl (C=O) groups is 1. The first-order valence-corrected chi connectivity index (χ1v) is 13.5. The normalized spacial score (nSPS) is 49.2. The summed E-state index contributed by atoms with van der Waals surface area (Å²) in [6, 6.07) is 0. The highest BCUT2D eigenvalue weighted by Crippen LogP contribution is 2.67. The van der Waals surface area contributed by atoms with E-state index >= 15 is 0 Å². The van der Waals surface area contributed by atoms with Gasteiger partial charge < -0.3 is 15.3 Å². The molecule has 4 rings (SSSR count). The lowest BCUT2D eigenvalue weighted by Gasteiger charge is -2.61. The molecule has 4 saturated carbocycles. The summed E-state index contributed by atoms with van der Waals surface area (Å²) in [5.74, 6) is 3.54. The summed E-state index contributed by atoms with van der Waals surface area (Å²) < 4.78 is 0. The first kappa shape index (κ1) is 24.7. The van der Waals surface area contributed by atoms with E-state index < -0.39 is 12.2 Å². The van der Waals surface area contributed by atoms with Gasteiger partial charge in [0, 0.05) is 12.3 Å². The quantitative estimate of drug-likeness (QED) is 0.563. The van der Waals surface area contributed by atoms with E-state index in [-0.39, 0.29) is 28.8 Å². The molecule has 3 N–H and O–H groups in total. The van der Waals surface area contributed by atoms with Crippen LogP contribution in [0.15, 0.2) is 0 Å². The van der Waals surface area contributed by atoms with E-state index in [1.54, 1.807) is 0 Å². The minimum absolute atomic E-state index is 0.0954. The van der Waals surface area contributed by atoms with Gasteiger partial charge in [-0.25, -0.2) is 0 Å². The van der Waals surface area contributed by atoms with Gasteiger partial charge in [-0.2, -0.15) is 0 Å². The topological polar surface area (TPSA) is 77.8 Å². The van der Waals surface area contributed by atoms with Gasteiger partial charge in [-0.15, -0.1) is 0 Å². The van der Waals surface area contributed by atoms with Crippen molar-refractivity contribution in [3.05, 3.63) is 0 Å². The SMILES string of the molecule is CC(C)[C@H](C)C[C@H](O)[C@@H](C)[C@H]1CC[C@H]2[C@@H]3CC(=O)[C@H]4C[C@H](O)[C@H](O)C[C@]4(C)[C@H]3CC[C@]12C. The zero-order valence-corrected chi connectivity index (χ0v) is 21.3. The van der Waals surface area contributed by atoms with Crippen molar-refractivity contribution in [1.82, 2.24) is 0 Å². The molecule has 0 aromatic heterocycles. The molecule has 12 atom stereocenters. The predicted octanol–water partition coefficient (Wildman–Crippen LogP) is 4.84. The summed E-state index contributed by atoms with van der Waals surface area (Å²) in [6.07, 6.45) is 5.41. The van der Waals surface area contributed by atoms with Crippen molar-refractivity contribution in [3.8, 4) is 0 Å². The van der Waals surface area contributed by atoms with E-state index in [2.05, 4.69) is 41.5 Å². The van der Waals surface area contributed by atoms with Gasteiger partial charge in [0.15, 0.2) is 0 Å². The first-order chi connectivity index (χ1) is 14.9. The molecule has 4 nitrogen and oxygen atoms in total. The molecule has 4 heteroatoms. The second kappa shape index (κ2) is 8.64. The van der Waals surface area contributed by atoms with Gasteiger partial charge in [-0.3, -0.25) is 4.79 Å². The number of Topliss-reactive ketones (excluding diaryl/α,β-unsaturated/α-hetero) is 1. The molecule has 0 amide bonds. The zero-order valence-electron chi connectivity index (χ0n) is 21.3. The van der Waals surface area contributed by atoms with Crippen LogP contribution in [0.25, 0.3) is 0 Å². The number of hydrogen-bond donors (Lipinski definition) is 3. The molecule has 4 aliphatic rings. The molecular weight excluding hydrogens is 400 g/mol. The summed E-state index contributed by atoms with van der Waals surface area (Å²) in [4.78, 5) is 13.3. The molecule has 0 aromatic carbocycles. The third-order valence-corrected chi connectivity index (χ3v) is 11.5. The van der Waals surface area contributed by atoms with Crippen LogP contribution in [0.1, 0.15) is 92.9 Å². The predicted molar refractivity (Wildman–Crippen MR) is 127 cm³/mol. The summed E-state index contributed by atoms with van der Waals surface area (Å²) in [6.45, 7) is 13.7. The Morgan fingerprint density at radius 2 is 1.62 bits per heavy atom. The minimum atomic E-state index is -0.756. The van der Waals surface area contributed by atoms with Crippen molar-refractivity contribution < 1.29 is 20.1 Å². The highest BCUT2D eigenvalue weighted by atomic mass is 16.3. The van der Waals surface area contributed by atoms with Crippen LogP contribution < -0.4 is 0 Å². The molecule has 0 aliphatic heterocycles. The van der Waals surface area contributed by atoms with Crippen LogP contribution in [0.2, 0.25) is 0 Å². The van der Waals surface area contributed by atoms with E-state index in [4.69, 9.17) is 0 Å². The standard InChI is InChI=1S/C28H48O4/c1-15(2)16(3)11-23(29)17(4)19-7-8-20-18-12-24(30)22-13-25(31)26(32)14-28(22,6)21(18)9-10-27(19,20)5/h15-23,25-26,29,31-32H,7-14H2,1-6H3/t16-,17+,18+,19-,20+,21+,22-,23+,25+,26-,27-,28-/m1/s1. The molecule has 184 valence electrons. The molecule has 0 saturated heterocycles. The molecular formula is C28H48O4. The van der Waals surface area contributed by atoms with Crippen molar-refractivity contribution in [2.45, 2.75) is 111 Å². The molecule has 0 heterocycles. The molecule has 0 spiro atoms. The number of ketones is 1. The maximum absolute atomic E-state index is 13.3. The lowest BCUT2D eigenvalue weighted by atomic mass is 9.44. The van der Waals surface area contributed by atoms with E-state index in [0.29, 0.717) is 60.6 Å². The van der Waals surface area contributed by atoms with Crippen LogP contribution in [0.3, 0.4) is 0 Å². The maximum Gasteiger partial charge on any atom is 0.136 e. The zero-order chi connectivity index (χ0) is 23.6. The Hall–Kier alpha value is -0.450. The number of aliphatic hydroxyl groups excluding tert-OH is 3. The average molecular weight is 449 g/mol. The largest absolute Gasteiger partial charge is 0.393 e. The van der Waals surface area contributed by atoms with Crippen LogP contribution in [0.4, 0.5) is 0 Å². The number of rotatable bonds is 5. The Bertz CT molecular complexity index is 706. The Labute approximate surface area is 195 Å². The number of hydrogen-bond acceptors (Lipinski definition) is 4. The number of carbonyl (C=O) groups excluding carboxylic acids is 1. The van der Waals surface area contributed by atoms with E-state index in [1.807, 2.05) is 0 Å². The van der Waals surface area contributed by atoms with Crippen molar-refractivity contribution in [2.24, 2.45) is 58.2 Å². The van der Waals surface area contributed by atoms with Gasteiger partial charge in [0.1, 0.15) is 5.78 Å². The number of aliphatic hydroxyl groups is 3. The lowest BCUT2D eigenvalue weighted by Crippen LogP contribution is -2.59. The molecule has 0 bridgehead atoms. The van der Waals surface area contributed by atoms with Gasteiger partial charge in [-0.1, -0.05) is 41.5 Å². The Kier molecular flexibility index (Phi) is 6.66. The molecule has 0 aromatic rings. The van der Waals surface area contributed by atoms with Crippen molar-refractivity contribution in [1.29, 1.82) is 0 Å². The fraction of sp³-hybridized carbons (Fsp3) is 0.964. The Morgan fingerprint density at radius 3 is 2.28 bits per heavy atom. The van der Waals surface area contributed by atoms with E-state index in [9.17, 15) is 20.1 Å². The fourth-order valence-electron chi connectivity index (χ4n) is 9.11. The molecule has 0 radical (unpaired) electrons. The number of fused-ring (bicyclic) bond motifs is 5. The van der Waals surface area contributed by atoms with Gasteiger partial charge in [0.25, 0.3) is 0 Å². The monoisotopic (exact) mass is 448 g/mol. The molecule has 4 aliphatic carbocycles. The van der Waals surface area contributed by atoms with Crippen LogP contribution in [-0.2, 0) is 4.79 Å². The van der Waals surface area contributed by atoms with Gasteiger partial charge in [0.05, 0.1) is 18.3 Å². The van der Waals surface area contributed by atoms with Crippen molar-refractivity contribution in [3.63, 3.8) is 0 Å². The Morgan fingerprint density at radius 1 is 0.969 bits per heavy atom. The van der Waals surface area contributed by atoms with Gasteiger partial charge in [0.2, 0.25) is 0 Å². The molecule has 4 fully saturated rings. The third-order valence-electron chi connectivity index (χ3n) is 11.5. The molecule has 32 heavy (non-hydrogen) atoms. The Balaban J connectivity index is 1.54. The van der Waals surface area contributed by atoms with Gasteiger partial charge >= 0.3 is 0 Å². The first-order valence-electron chi connectivity index (χ1n) is 13.5.